The summed E-state index contributed by atoms with van der Waals surface area (Å²) < 4.78 is 0. The van der Waals surface area contributed by atoms with Gasteiger partial charge in [-0.1, -0.05) is 12.1 Å². The van der Waals surface area contributed by atoms with Gasteiger partial charge in [-0.25, -0.2) is 0 Å². The molecule has 3 nitrogen and oxygen atoms in total. The third kappa shape index (κ3) is 2.36. The molecule has 1 saturated carbocycles. The second kappa shape index (κ2) is 5.29. The lowest BCUT2D eigenvalue weighted by atomic mass is 9.90. The molecule has 2 heterocycles. The molecule has 2 unspecified atom stereocenters. The lowest BCUT2D eigenvalue weighted by Crippen LogP contribution is -2.30. The van der Waals surface area contributed by atoms with Gasteiger partial charge in [0.1, 0.15) is 0 Å². The molecule has 2 aliphatic heterocycles. The van der Waals surface area contributed by atoms with Crippen LogP contribution in [-0.2, 0) is 6.42 Å². The summed E-state index contributed by atoms with van der Waals surface area (Å²) in [6.07, 6.45) is 6.57. The average molecular weight is 285 g/mol. The maximum absolute atomic E-state index is 6.07. The maximum atomic E-state index is 6.07. The summed E-state index contributed by atoms with van der Waals surface area (Å²) in [4.78, 5) is 5.14. The van der Waals surface area contributed by atoms with Crippen LogP contribution in [0.2, 0.25) is 0 Å². The molecule has 21 heavy (non-hydrogen) atoms. The Balaban J connectivity index is 1.67. The molecule has 0 spiro atoms. The average Bonchev–Trinajstić information content (AvgIpc) is 3.26. The first-order valence-corrected chi connectivity index (χ1v) is 8.57. The second-order valence-electron chi connectivity index (χ2n) is 7.11. The first-order valence-electron chi connectivity index (χ1n) is 8.57. The number of likely N-dealkylation sites (tertiary alicyclic amines) is 1. The molecule has 0 aromatic heterocycles. The molecule has 0 bridgehead atoms. The Labute approximate surface area is 128 Å². The lowest BCUT2D eigenvalue weighted by molar-refractivity contribution is 0.220. The van der Waals surface area contributed by atoms with Crippen LogP contribution in [0.5, 0.6) is 0 Å². The maximum Gasteiger partial charge on any atom is 0.0396 e. The van der Waals surface area contributed by atoms with Gasteiger partial charge in [0.15, 0.2) is 0 Å². The highest BCUT2D eigenvalue weighted by atomic mass is 15.2. The lowest BCUT2D eigenvalue weighted by Gasteiger charge is -2.32. The fourth-order valence-electron chi connectivity index (χ4n) is 4.40. The zero-order valence-corrected chi connectivity index (χ0v) is 13.1. The van der Waals surface area contributed by atoms with Crippen LogP contribution in [0.15, 0.2) is 18.2 Å². The molecular weight excluding hydrogens is 258 g/mol. The van der Waals surface area contributed by atoms with E-state index in [4.69, 9.17) is 5.73 Å². The summed E-state index contributed by atoms with van der Waals surface area (Å²) in [6, 6.07) is 8.61. The molecular formula is C18H27N3. The van der Waals surface area contributed by atoms with Gasteiger partial charge in [-0.2, -0.15) is 0 Å². The first kappa shape index (κ1) is 13.6. The van der Waals surface area contributed by atoms with E-state index in [2.05, 4.69) is 35.0 Å². The van der Waals surface area contributed by atoms with Gasteiger partial charge in [-0.05, 0) is 68.3 Å². The fourth-order valence-corrected chi connectivity index (χ4v) is 4.40. The van der Waals surface area contributed by atoms with E-state index in [0.717, 1.165) is 12.6 Å². The van der Waals surface area contributed by atoms with Crippen LogP contribution >= 0.6 is 0 Å². The van der Waals surface area contributed by atoms with Gasteiger partial charge in [-0.15, -0.1) is 0 Å². The van der Waals surface area contributed by atoms with Gasteiger partial charge in [0, 0.05) is 31.4 Å². The van der Waals surface area contributed by atoms with Gasteiger partial charge in [0.05, 0.1) is 0 Å². The molecule has 4 rings (SSSR count). The molecule has 1 saturated heterocycles. The van der Waals surface area contributed by atoms with Crippen molar-refractivity contribution in [2.45, 2.75) is 44.2 Å². The highest BCUT2D eigenvalue weighted by Gasteiger charge is 2.42. The van der Waals surface area contributed by atoms with Crippen molar-refractivity contribution in [1.29, 1.82) is 0 Å². The third-order valence-corrected chi connectivity index (χ3v) is 5.68. The predicted molar refractivity (Wildman–Crippen MR) is 87.7 cm³/mol. The zero-order valence-electron chi connectivity index (χ0n) is 13.1. The molecule has 1 aliphatic carbocycles. The van der Waals surface area contributed by atoms with E-state index >= 15 is 0 Å². The van der Waals surface area contributed by atoms with Crippen molar-refractivity contribution in [3.8, 4) is 0 Å². The molecule has 2 atom stereocenters. The number of benzene rings is 1. The summed E-state index contributed by atoms with van der Waals surface area (Å²) in [6.45, 7) is 3.26. The number of hydrogen-bond donors (Lipinski definition) is 1. The molecule has 2 fully saturated rings. The molecule has 1 aromatic rings. The van der Waals surface area contributed by atoms with Crippen molar-refractivity contribution < 1.29 is 0 Å². The van der Waals surface area contributed by atoms with Crippen molar-refractivity contribution in [3.05, 3.63) is 29.3 Å². The van der Waals surface area contributed by atoms with Gasteiger partial charge < -0.3 is 10.6 Å². The SMILES string of the molecule is CN1CCCc2cc(C3C(CN)CCN3C3CC3)ccc21. The fraction of sp³-hybridized carbons (Fsp3) is 0.667. The van der Waals surface area contributed by atoms with E-state index < -0.39 is 0 Å². The monoisotopic (exact) mass is 285 g/mol. The van der Waals surface area contributed by atoms with Crippen LogP contribution in [0.4, 0.5) is 5.69 Å². The van der Waals surface area contributed by atoms with Crippen LogP contribution < -0.4 is 10.6 Å². The number of fused-ring (bicyclic) bond motifs is 1. The Morgan fingerprint density at radius 1 is 1.19 bits per heavy atom. The summed E-state index contributed by atoms with van der Waals surface area (Å²) in [5.41, 5.74) is 10.6. The highest BCUT2D eigenvalue weighted by molar-refractivity contribution is 5.56. The largest absolute Gasteiger partial charge is 0.374 e. The van der Waals surface area contributed by atoms with Crippen molar-refractivity contribution in [2.75, 3.05) is 31.6 Å². The van der Waals surface area contributed by atoms with Gasteiger partial charge >= 0.3 is 0 Å². The number of anilines is 1. The number of nitrogens with two attached hydrogens (primary N) is 1. The molecule has 114 valence electrons. The predicted octanol–water partition coefficient (Wildman–Crippen LogP) is 2.55. The third-order valence-electron chi connectivity index (χ3n) is 5.68. The number of rotatable bonds is 3. The van der Waals surface area contributed by atoms with Crippen LogP contribution in [0.25, 0.3) is 0 Å². The van der Waals surface area contributed by atoms with E-state index in [-0.39, 0.29) is 0 Å². The molecule has 0 amide bonds. The minimum Gasteiger partial charge on any atom is -0.374 e. The molecule has 3 heteroatoms. The summed E-state index contributed by atoms with van der Waals surface area (Å²) in [5.74, 6) is 0.643. The van der Waals surface area contributed by atoms with Gasteiger partial charge in [-0.3, -0.25) is 4.90 Å². The van der Waals surface area contributed by atoms with Crippen molar-refractivity contribution in [1.82, 2.24) is 4.90 Å². The quantitative estimate of drug-likeness (QED) is 0.926. The standard InChI is InChI=1S/C18H27N3/c1-20-9-2-3-13-11-14(4-7-17(13)20)18-15(12-19)8-10-21(18)16-5-6-16/h4,7,11,15-16,18H,2-3,5-6,8-10,12,19H2,1H3. The first-order chi connectivity index (χ1) is 10.3. The topological polar surface area (TPSA) is 32.5 Å². The summed E-state index contributed by atoms with van der Waals surface area (Å²) in [5, 5.41) is 0. The van der Waals surface area contributed by atoms with Gasteiger partial charge in [0.2, 0.25) is 0 Å². The Kier molecular flexibility index (Phi) is 3.43. The molecule has 0 radical (unpaired) electrons. The van der Waals surface area contributed by atoms with E-state index in [1.807, 2.05) is 0 Å². The van der Waals surface area contributed by atoms with Crippen molar-refractivity contribution in [2.24, 2.45) is 11.7 Å². The van der Waals surface area contributed by atoms with Crippen LogP contribution in [0.3, 0.4) is 0 Å². The smallest absolute Gasteiger partial charge is 0.0396 e. The number of aryl methyl sites for hydroxylation is 1. The minimum absolute atomic E-state index is 0.569. The Bertz CT molecular complexity index is 523. The molecule has 3 aliphatic rings. The van der Waals surface area contributed by atoms with E-state index in [0.29, 0.717) is 12.0 Å². The number of hydrogen-bond acceptors (Lipinski definition) is 3. The van der Waals surface area contributed by atoms with Crippen molar-refractivity contribution >= 4 is 5.69 Å². The van der Waals surface area contributed by atoms with Crippen LogP contribution in [0, 0.1) is 5.92 Å². The Morgan fingerprint density at radius 2 is 2.05 bits per heavy atom. The summed E-state index contributed by atoms with van der Waals surface area (Å²) in [7, 11) is 2.21. The van der Waals surface area contributed by atoms with Crippen LogP contribution in [-0.4, -0.2) is 37.6 Å². The van der Waals surface area contributed by atoms with E-state index in [9.17, 15) is 0 Å². The van der Waals surface area contributed by atoms with E-state index in [1.54, 1.807) is 5.56 Å². The van der Waals surface area contributed by atoms with Gasteiger partial charge in [0.25, 0.3) is 0 Å². The highest BCUT2D eigenvalue weighted by Crippen LogP contribution is 2.44. The minimum atomic E-state index is 0.569. The van der Waals surface area contributed by atoms with E-state index in [1.165, 1.54) is 56.4 Å². The number of nitrogens with zero attached hydrogens (tertiary/aromatic N) is 2. The van der Waals surface area contributed by atoms with Crippen molar-refractivity contribution in [3.63, 3.8) is 0 Å². The summed E-state index contributed by atoms with van der Waals surface area (Å²) >= 11 is 0. The molecule has 1 aromatic carbocycles. The Morgan fingerprint density at radius 3 is 2.81 bits per heavy atom. The van der Waals surface area contributed by atoms with Crippen LogP contribution in [0.1, 0.15) is 42.9 Å². The Hall–Kier alpha value is -1.06. The normalized spacial score (nSPS) is 29.7. The molecule has 2 N–H and O–H groups in total. The second-order valence-corrected chi connectivity index (χ2v) is 7.11. The zero-order chi connectivity index (χ0) is 14.4.